The Balaban J connectivity index is 2.58. The second-order valence-corrected chi connectivity index (χ2v) is 10.2. The lowest BCUT2D eigenvalue weighted by molar-refractivity contribution is 0.0565. The van der Waals surface area contributed by atoms with Crippen LogP contribution in [0.5, 0.6) is 0 Å². The van der Waals surface area contributed by atoms with E-state index < -0.39 is 8.07 Å². The highest BCUT2D eigenvalue weighted by molar-refractivity contribution is 6.76. The summed E-state index contributed by atoms with van der Waals surface area (Å²) in [6.45, 7) is 6.47. The molecule has 0 fully saturated rings. The van der Waals surface area contributed by atoms with Crippen LogP contribution >= 0.6 is 0 Å². The third-order valence-electron chi connectivity index (χ3n) is 1.78. The lowest BCUT2D eigenvalue weighted by Crippen LogP contribution is -2.29. The van der Waals surface area contributed by atoms with Gasteiger partial charge in [-0.1, -0.05) is 19.6 Å². The molecule has 0 aliphatic rings. The molecule has 0 aromatic heterocycles. The fraction of sp³-hybridized carbons (Fsp3) is 0.364. The van der Waals surface area contributed by atoms with Crippen molar-refractivity contribution in [1.82, 2.24) is 0 Å². The first-order valence-electron chi connectivity index (χ1n) is 4.91. The van der Waals surface area contributed by atoms with Crippen molar-refractivity contribution in [3.05, 3.63) is 29.8 Å². The molecule has 1 aromatic carbocycles. The summed E-state index contributed by atoms with van der Waals surface area (Å²) >= 11 is 0. The van der Waals surface area contributed by atoms with Gasteiger partial charge in [0.05, 0.1) is 19.9 Å². The van der Waals surface area contributed by atoms with Gasteiger partial charge in [-0.25, -0.2) is 4.79 Å². The first-order chi connectivity index (χ1) is 6.88. The Bertz CT molecular complexity index is 341. The number of hydrogen-bond donors (Lipinski definition) is 1. The molecule has 82 valence electrons. The van der Waals surface area contributed by atoms with Gasteiger partial charge in [0.2, 0.25) is 0 Å². The average Bonchev–Trinajstić information content (AvgIpc) is 2.14. The Labute approximate surface area is 91.3 Å². The van der Waals surface area contributed by atoms with Crippen LogP contribution in [0.25, 0.3) is 0 Å². The summed E-state index contributed by atoms with van der Waals surface area (Å²) in [6, 6.07) is 6.76. The summed E-state index contributed by atoms with van der Waals surface area (Å²) in [5.74, 6) is -0.266. The van der Waals surface area contributed by atoms with E-state index in [0.29, 0.717) is 17.5 Å². The molecule has 0 amide bonds. The van der Waals surface area contributed by atoms with Gasteiger partial charge in [0.1, 0.15) is 0 Å². The van der Waals surface area contributed by atoms with E-state index in [1.807, 2.05) is 0 Å². The normalized spacial score (nSPS) is 11.1. The van der Waals surface area contributed by atoms with Crippen LogP contribution in [0.4, 0.5) is 5.69 Å². The van der Waals surface area contributed by atoms with Crippen LogP contribution in [0, 0.1) is 0 Å². The van der Waals surface area contributed by atoms with E-state index in [2.05, 4.69) is 19.6 Å². The molecular weight excluding hydrogens is 206 g/mol. The first-order valence-corrected chi connectivity index (χ1v) is 8.62. The molecule has 0 spiro atoms. The molecular formula is C11H17NO2Si. The molecule has 1 rings (SSSR count). The highest BCUT2D eigenvalue weighted by Crippen LogP contribution is 2.08. The molecule has 15 heavy (non-hydrogen) atoms. The van der Waals surface area contributed by atoms with Gasteiger partial charge in [0, 0.05) is 5.69 Å². The predicted octanol–water partition coefficient (Wildman–Crippen LogP) is 2.30. The first kappa shape index (κ1) is 11.8. The molecule has 3 nitrogen and oxygen atoms in total. The minimum atomic E-state index is -1.33. The maximum atomic E-state index is 11.6. The third kappa shape index (κ3) is 4.16. The second-order valence-electron chi connectivity index (χ2n) is 4.76. The van der Waals surface area contributed by atoms with E-state index in [9.17, 15) is 4.79 Å². The van der Waals surface area contributed by atoms with Crippen molar-refractivity contribution in [2.24, 2.45) is 0 Å². The van der Waals surface area contributed by atoms with Crippen molar-refractivity contribution in [2.45, 2.75) is 19.6 Å². The molecule has 2 N–H and O–H groups in total. The molecule has 0 heterocycles. The molecule has 1 aromatic rings. The number of esters is 1. The molecule has 0 unspecified atom stereocenters. The lowest BCUT2D eigenvalue weighted by Gasteiger charge is -2.15. The van der Waals surface area contributed by atoms with Gasteiger partial charge < -0.3 is 10.5 Å². The topological polar surface area (TPSA) is 52.3 Å². The summed E-state index contributed by atoms with van der Waals surface area (Å²) in [7, 11) is -1.33. The van der Waals surface area contributed by atoms with Crippen LogP contribution in [-0.4, -0.2) is 20.3 Å². The zero-order valence-corrected chi connectivity index (χ0v) is 10.4. The fourth-order valence-corrected chi connectivity index (χ4v) is 1.55. The fourth-order valence-electron chi connectivity index (χ4n) is 0.985. The zero-order chi connectivity index (χ0) is 11.5. The van der Waals surface area contributed by atoms with Crippen molar-refractivity contribution in [3.8, 4) is 0 Å². The second kappa shape index (κ2) is 4.48. The van der Waals surface area contributed by atoms with Gasteiger partial charge in [-0.05, 0) is 24.3 Å². The highest BCUT2D eigenvalue weighted by Gasteiger charge is 2.16. The Hall–Kier alpha value is -1.29. The van der Waals surface area contributed by atoms with Gasteiger partial charge in [-0.3, -0.25) is 0 Å². The van der Waals surface area contributed by atoms with E-state index in [1.54, 1.807) is 24.3 Å². The van der Waals surface area contributed by atoms with Crippen LogP contribution in [0.3, 0.4) is 0 Å². The molecule has 0 aliphatic heterocycles. The average molecular weight is 223 g/mol. The molecule has 0 saturated heterocycles. The van der Waals surface area contributed by atoms with E-state index in [-0.39, 0.29) is 5.97 Å². The Morgan fingerprint density at radius 2 is 1.80 bits per heavy atom. The summed E-state index contributed by atoms with van der Waals surface area (Å²) in [5, 5.41) is 0. The maximum Gasteiger partial charge on any atom is 0.337 e. The standard InChI is InChI=1S/C11H17NO2Si/c1-15(2,3)8-14-11(13)9-4-6-10(12)7-5-9/h4-7H,8,12H2,1-3H3. The number of carbonyl (C=O) groups excluding carboxylic acids is 1. The molecule has 0 aliphatic carbocycles. The van der Waals surface area contributed by atoms with Crippen molar-refractivity contribution in [2.75, 3.05) is 12.0 Å². The van der Waals surface area contributed by atoms with Crippen LogP contribution in [0.1, 0.15) is 10.4 Å². The van der Waals surface area contributed by atoms with Gasteiger partial charge in [0.15, 0.2) is 0 Å². The Kier molecular flexibility index (Phi) is 3.52. The van der Waals surface area contributed by atoms with Crippen molar-refractivity contribution >= 4 is 19.7 Å². The minimum absolute atomic E-state index is 0.266. The highest BCUT2D eigenvalue weighted by atomic mass is 28.3. The smallest absolute Gasteiger partial charge is 0.337 e. The minimum Gasteiger partial charge on any atom is -0.466 e. The number of anilines is 1. The van der Waals surface area contributed by atoms with Gasteiger partial charge in [-0.2, -0.15) is 0 Å². The monoisotopic (exact) mass is 223 g/mol. The SMILES string of the molecule is C[Si](C)(C)COC(=O)c1ccc(N)cc1. The van der Waals surface area contributed by atoms with E-state index in [4.69, 9.17) is 10.5 Å². The van der Waals surface area contributed by atoms with E-state index in [0.717, 1.165) is 0 Å². The number of ether oxygens (including phenoxy) is 1. The Morgan fingerprint density at radius 1 is 1.27 bits per heavy atom. The summed E-state index contributed by atoms with van der Waals surface area (Å²) < 4.78 is 5.21. The summed E-state index contributed by atoms with van der Waals surface area (Å²) in [5.41, 5.74) is 6.73. The lowest BCUT2D eigenvalue weighted by atomic mass is 10.2. The van der Waals surface area contributed by atoms with Crippen molar-refractivity contribution in [1.29, 1.82) is 0 Å². The molecule has 0 radical (unpaired) electrons. The number of nitrogens with two attached hydrogens (primary N) is 1. The largest absolute Gasteiger partial charge is 0.466 e. The number of benzene rings is 1. The molecule has 4 heteroatoms. The van der Waals surface area contributed by atoms with Crippen LogP contribution in [0.15, 0.2) is 24.3 Å². The van der Waals surface area contributed by atoms with Crippen LogP contribution < -0.4 is 5.73 Å². The van der Waals surface area contributed by atoms with Gasteiger partial charge >= 0.3 is 5.97 Å². The number of hydrogen-bond acceptors (Lipinski definition) is 3. The number of carbonyl (C=O) groups is 1. The van der Waals surface area contributed by atoms with Crippen molar-refractivity contribution < 1.29 is 9.53 Å². The molecule has 0 saturated carbocycles. The van der Waals surface area contributed by atoms with Crippen LogP contribution in [0.2, 0.25) is 19.6 Å². The quantitative estimate of drug-likeness (QED) is 0.486. The Morgan fingerprint density at radius 3 is 2.27 bits per heavy atom. The predicted molar refractivity (Wildman–Crippen MR) is 64.5 cm³/mol. The van der Waals surface area contributed by atoms with E-state index >= 15 is 0 Å². The summed E-state index contributed by atoms with van der Waals surface area (Å²) in [6.07, 6.45) is 0.552. The van der Waals surface area contributed by atoms with Gasteiger partial charge in [-0.15, -0.1) is 0 Å². The summed E-state index contributed by atoms with van der Waals surface area (Å²) in [4.78, 5) is 11.6. The van der Waals surface area contributed by atoms with E-state index in [1.165, 1.54) is 0 Å². The third-order valence-corrected chi connectivity index (χ3v) is 2.79. The number of nitrogen functional groups attached to an aromatic ring is 1. The zero-order valence-electron chi connectivity index (χ0n) is 9.41. The molecule has 0 atom stereocenters. The van der Waals surface area contributed by atoms with Gasteiger partial charge in [0.25, 0.3) is 0 Å². The molecule has 0 bridgehead atoms. The maximum absolute atomic E-state index is 11.6. The van der Waals surface area contributed by atoms with Crippen molar-refractivity contribution in [3.63, 3.8) is 0 Å². The number of rotatable bonds is 3. The van der Waals surface area contributed by atoms with Crippen LogP contribution in [-0.2, 0) is 4.74 Å².